The van der Waals surface area contributed by atoms with Crippen molar-refractivity contribution >= 4 is 68.1 Å². The Labute approximate surface area is 381 Å². The Kier molecular flexibility index (Phi) is 14.7. The molecule has 6 rings (SSSR count). The molecule has 0 fully saturated rings. The number of carbonyl (C=O) groups is 3. The zero-order valence-electron chi connectivity index (χ0n) is 38.8. The summed E-state index contributed by atoms with van der Waals surface area (Å²) in [5.74, 6) is -6.81. The molecule has 0 spiro atoms. The zero-order chi connectivity index (χ0) is 47.8. The number of esters is 1. The topological polar surface area (TPSA) is 216 Å². The van der Waals surface area contributed by atoms with Crippen LogP contribution in [0.25, 0.3) is 33.0 Å². The summed E-state index contributed by atoms with van der Waals surface area (Å²) in [7, 11) is 5.30. The van der Waals surface area contributed by atoms with E-state index in [0.717, 1.165) is 0 Å². The van der Waals surface area contributed by atoms with Gasteiger partial charge in [0.05, 0.1) is 35.5 Å². The fourth-order valence-corrected chi connectivity index (χ4v) is 9.01. The van der Waals surface area contributed by atoms with E-state index >= 15 is 0 Å². The molecule has 0 saturated heterocycles. The minimum Gasteiger partial charge on any atom is -0.505 e. The van der Waals surface area contributed by atoms with Crippen molar-refractivity contribution in [2.75, 3.05) is 45.9 Å². The molecule has 0 aliphatic carbocycles. The van der Waals surface area contributed by atoms with Gasteiger partial charge in [0.2, 0.25) is 0 Å². The summed E-state index contributed by atoms with van der Waals surface area (Å²) in [6.07, 6.45) is 5.45. The Bertz CT molecular complexity index is 2670. The van der Waals surface area contributed by atoms with Crippen LogP contribution in [0.5, 0.6) is 17.2 Å². The molecule has 0 saturated carbocycles. The van der Waals surface area contributed by atoms with E-state index in [9.17, 15) is 34.5 Å². The molecule has 2 aliphatic heterocycles. The van der Waals surface area contributed by atoms with Crippen LogP contribution < -0.4 is 20.2 Å². The molecule has 3 aromatic carbocycles. The smallest absolute Gasteiger partial charge is 0.312 e. The Balaban J connectivity index is 1.61. The van der Waals surface area contributed by atoms with Crippen LogP contribution >= 0.6 is 11.8 Å². The third-order valence-corrected chi connectivity index (χ3v) is 13.2. The maximum absolute atomic E-state index is 14.8. The lowest BCUT2D eigenvalue weighted by atomic mass is 9.78. The number of fused-ring (bicyclic) bond motifs is 2. The van der Waals surface area contributed by atoms with Gasteiger partial charge in [-0.3, -0.25) is 19.2 Å². The minimum atomic E-state index is -2.05. The number of aliphatic hydroxyl groups excluding tert-OH is 2. The number of aromatic nitrogens is 1. The van der Waals surface area contributed by atoms with Gasteiger partial charge in [0.1, 0.15) is 40.9 Å². The van der Waals surface area contributed by atoms with Gasteiger partial charge in [-0.05, 0) is 46.3 Å². The zero-order valence-corrected chi connectivity index (χ0v) is 39.6. The van der Waals surface area contributed by atoms with E-state index in [0.29, 0.717) is 29.3 Å². The number of benzene rings is 3. The molecule has 350 valence electrons. The van der Waals surface area contributed by atoms with Crippen molar-refractivity contribution in [3.8, 4) is 17.2 Å². The minimum absolute atomic E-state index is 0.0106. The first-order valence-electron chi connectivity index (χ1n) is 21.4. The highest BCUT2D eigenvalue weighted by Crippen LogP contribution is 2.49. The number of amides is 1. The van der Waals surface area contributed by atoms with Crippen LogP contribution in [0.1, 0.15) is 64.4 Å². The highest BCUT2D eigenvalue weighted by Gasteiger charge is 2.49. The number of allylic oxidation sites excluding steroid dienone is 2. The van der Waals surface area contributed by atoms with Crippen molar-refractivity contribution in [3.63, 3.8) is 0 Å². The van der Waals surface area contributed by atoms with Gasteiger partial charge in [-0.25, -0.2) is 4.98 Å². The molecule has 17 heteroatoms. The van der Waals surface area contributed by atoms with Crippen LogP contribution in [-0.4, -0.2) is 114 Å². The van der Waals surface area contributed by atoms with Crippen molar-refractivity contribution in [1.82, 2.24) is 9.88 Å². The van der Waals surface area contributed by atoms with E-state index in [-0.39, 0.29) is 55.6 Å². The number of rotatable bonds is 7. The number of phenolic OH excluding ortho intramolecular Hbond substituents is 1. The van der Waals surface area contributed by atoms with Gasteiger partial charge in [-0.15, -0.1) is 11.8 Å². The number of methoxy groups -OCH3 is 1. The Morgan fingerprint density at radius 3 is 2.35 bits per heavy atom. The van der Waals surface area contributed by atoms with Crippen LogP contribution in [-0.2, 0) is 23.8 Å². The summed E-state index contributed by atoms with van der Waals surface area (Å²) < 4.78 is 36.5. The van der Waals surface area contributed by atoms with Gasteiger partial charge in [-0.2, -0.15) is 0 Å². The molecule has 9 atom stereocenters. The second-order valence-electron chi connectivity index (χ2n) is 17.4. The third-order valence-electron chi connectivity index (χ3n) is 12.4. The quantitative estimate of drug-likeness (QED) is 0.0501. The SMILES string of the molecule is CO[C@H]1/C=C/O[C@@]2(C)Oc3c(C)c(=O)c4c(O)c(c5oc6cc(OCCN(C)C)cc(SC)c6nc5c4c3C2=O)NC(=O)/C(C)=C\C=C\[C@H](C)[C@H](O)[C@@H](C)[C@@H](O)[C@@H](C)[C@H](OC(C)=O)[C@@H]1C. The van der Waals surface area contributed by atoms with Crippen LogP contribution in [0.3, 0.4) is 0 Å². The summed E-state index contributed by atoms with van der Waals surface area (Å²) in [6.45, 7) is 13.6. The number of ketones is 1. The summed E-state index contributed by atoms with van der Waals surface area (Å²) in [5.41, 5.74) is -0.466. The monoisotopic (exact) mass is 917 g/mol. The highest BCUT2D eigenvalue weighted by molar-refractivity contribution is 7.98. The van der Waals surface area contributed by atoms with E-state index in [1.807, 2.05) is 25.3 Å². The van der Waals surface area contributed by atoms with Crippen molar-refractivity contribution in [2.24, 2.45) is 23.7 Å². The molecule has 4 N–H and O–H groups in total. The number of hydrogen-bond acceptors (Lipinski definition) is 16. The van der Waals surface area contributed by atoms with Gasteiger partial charge in [0, 0.05) is 78.7 Å². The molecule has 3 heterocycles. The van der Waals surface area contributed by atoms with Gasteiger partial charge >= 0.3 is 11.8 Å². The number of anilines is 1. The Morgan fingerprint density at radius 2 is 1.71 bits per heavy atom. The largest absolute Gasteiger partial charge is 0.505 e. The van der Waals surface area contributed by atoms with Gasteiger partial charge in [0.15, 0.2) is 22.3 Å². The molecule has 0 radical (unpaired) electrons. The van der Waals surface area contributed by atoms with Gasteiger partial charge < -0.3 is 53.6 Å². The molecule has 1 amide bonds. The van der Waals surface area contributed by atoms with E-state index in [1.54, 1.807) is 52.0 Å². The first-order chi connectivity index (χ1) is 30.6. The number of nitrogens with one attached hydrogen (secondary N) is 1. The number of thioether (sulfide) groups is 1. The molecule has 2 aliphatic rings. The molecule has 0 unspecified atom stereocenters. The molecule has 1 aromatic heterocycles. The Morgan fingerprint density at radius 1 is 1.00 bits per heavy atom. The number of likely N-dealkylation sites (N-methyl/N-ethyl adjacent to an activating group) is 1. The first-order valence-corrected chi connectivity index (χ1v) is 22.6. The van der Waals surface area contributed by atoms with Crippen molar-refractivity contribution in [3.05, 3.63) is 69.6 Å². The number of ether oxygens (including phenoxy) is 5. The lowest BCUT2D eigenvalue weighted by molar-refractivity contribution is -0.160. The molecular weight excluding hydrogens is 859 g/mol. The van der Waals surface area contributed by atoms with Gasteiger partial charge in [-0.1, -0.05) is 45.9 Å². The van der Waals surface area contributed by atoms with Crippen molar-refractivity contribution in [2.45, 2.75) is 90.5 Å². The predicted molar refractivity (Wildman–Crippen MR) is 248 cm³/mol. The predicted octanol–water partition coefficient (Wildman–Crippen LogP) is 6.66. The number of hydrogen-bond donors (Lipinski definition) is 4. The Hall–Kier alpha value is -5.46. The van der Waals surface area contributed by atoms with Crippen LogP contribution in [0.2, 0.25) is 0 Å². The van der Waals surface area contributed by atoms with E-state index in [1.165, 1.54) is 65.0 Å². The molecular formula is C48H59N3O13S. The normalized spacial score (nSPS) is 28.5. The summed E-state index contributed by atoms with van der Waals surface area (Å²) in [6, 6.07) is 3.44. The number of Topliss-reactive ketones (excluding diaryl/α,β-unsaturated/α-hetero) is 1. The van der Waals surface area contributed by atoms with Crippen LogP contribution in [0, 0.1) is 30.6 Å². The summed E-state index contributed by atoms with van der Waals surface area (Å²) >= 11 is 1.37. The number of phenols is 1. The fraction of sp³-hybridized carbons (Fsp3) is 0.479. The van der Waals surface area contributed by atoms with E-state index in [4.69, 9.17) is 33.1 Å². The lowest BCUT2D eigenvalue weighted by Gasteiger charge is -2.38. The molecule has 16 nitrogen and oxygen atoms in total. The second kappa shape index (κ2) is 19.6. The average molecular weight is 918 g/mol. The second-order valence-corrected chi connectivity index (χ2v) is 18.2. The number of aliphatic hydroxyl groups is 2. The van der Waals surface area contributed by atoms with Crippen molar-refractivity contribution < 1.29 is 57.8 Å². The van der Waals surface area contributed by atoms with E-state index in [2.05, 4.69) is 5.32 Å². The fourth-order valence-electron chi connectivity index (χ4n) is 8.44. The molecule has 4 bridgehead atoms. The van der Waals surface area contributed by atoms with Crippen LogP contribution in [0.4, 0.5) is 5.69 Å². The number of nitrogens with zero attached hydrogens (tertiary/aromatic N) is 2. The maximum atomic E-state index is 14.8. The first kappa shape index (κ1) is 49.0. The number of carbonyl (C=O) groups excluding carboxylic acids is 3. The summed E-state index contributed by atoms with van der Waals surface area (Å²) in [4.78, 5) is 63.3. The highest BCUT2D eigenvalue weighted by atomic mass is 32.2. The standard InChI is InChI=1S/C48H59N3O13S/c1-22-14-13-15-23(2)47(58)50-38-42(56)34-33(37-45(38)63-31-20-29(60-19-17-51(9)10)21-32(65-12)36(31)49-37)35-44(27(6)41(34)55)64-48(8,46(35)57)61-18-16-30(59-11)24(3)43(62-28(7)52)26(5)40(54)25(4)39(22)53/h13-16,18,20-22,24-26,30,39-40,43,53-54,56H,17,19H2,1-12H3,(H,50,58)/b14-13+,18-16+,23-15-/t22-,24+,25+,26+,30-,39-,40+,43+,48-/m0/s1. The maximum Gasteiger partial charge on any atom is 0.312 e. The van der Waals surface area contributed by atoms with E-state index < -0.39 is 82.7 Å². The summed E-state index contributed by atoms with van der Waals surface area (Å²) in [5, 5.41) is 37.5. The average Bonchev–Trinajstić information content (AvgIpc) is 3.53. The molecule has 65 heavy (non-hydrogen) atoms. The molecule has 4 aromatic rings. The van der Waals surface area contributed by atoms with Crippen molar-refractivity contribution in [1.29, 1.82) is 0 Å². The van der Waals surface area contributed by atoms with Gasteiger partial charge in [0.25, 0.3) is 11.7 Å². The lowest BCUT2D eigenvalue weighted by Crippen LogP contribution is -2.46. The third kappa shape index (κ3) is 9.47. The number of aromatic hydroxyl groups is 1. The van der Waals surface area contributed by atoms with Crippen LogP contribution in [0.15, 0.2) is 62.4 Å².